The van der Waals surface area contributed by atoms with Gasteiger partial charge in [-0.1, -0.05) is 24.9 Å². The number of carbonyl (C=O) groups excluding carboxylic acids is 1. The molecule has 1 amide bonds. The molecule has 1 aromatic heterocycles. The lowest BCUT2D eigenvalue weighted by molar-refractivity contribution is -0.127. The number of ether oxygens (including phenoxy) is 1. The number of benzene rings is 1. The number of halogens is 1. The Hall–Kier alpha value is -2.05. The van der Waals surface area contributed by atoms with Gasteiger partial charge in [0.05, 0.1) is 5.02 Å². The second-order valence-electron chi connectivity index (χ2n) is 5.75. The van der Waals surface area contributed by atoms with E-state index in [-0.39, 0.29) is 18.3 Å². The molecule has 0 aliphatic heterocycles. The fraction of sp³-hybridized carbons (Fsp3) is 0.444. The lowest BCUT2D eigenvalue weighted by Gasteiger charge is -2.16. The number of aliphatic hydroxyl groups excluding tert-OH is 1. The molecule has 0 radical (unpaired) electrons. The second-order valence-corrected chi connectivity index (χ2v) is 6.15. The summed E-state index contributed by atoms with van der Waals surface area (Å²) in [4.78, 5) is 23.7. The number of amides is 1. The third-order valence-corrected chi connectivity index (χ3v) is 4.00. The molecule has 2 rings (SSSR count). The van der Waals surface area contributed by atoms with Gasteiger partial charge in [0.1, 0.15) is 11.3 Å². The Balaban J connectivity index is 2.25. The SMILES string of the molecule is CCCc1cc(=O)oc2cc(OC(C)C(=O)NCCCO)c(Cl)cc12. The highest BCUT2D eigenvalue weighted by molar-refractivity contribution is 6.32. The van der Waals surface area contributed by atoms with Gasteiger partial charge in [-0.25, -0.2) is 4.79 Å². The molecule has 2 aromatic rings. The molecule has 0 saturated carbocycles. The van der Waals surface area contributed by atoms with E-state index in [0.717, 1.165) is 23.8 Å². The summed E-state index contributed by atoms with van der Waals surface area (Å²) < 4.78 is 10.9. The summed E-state index contributed by atoms with van der Waals surface area (Å²) in [5.74, 6) is -0.0402. The molecule has 1 aromatic carbocycles. The number of aryl methyl sites for hydroxylation is 1. The highest BCUT2D eigenvalue weighted by Crippen LogP contribution is 2.32. The molecule has 0 fully saturated rings. The molecule has 2 N–H and O–H groups in total. The second kappa shape index (κ2) is 8.87. The molecule has 6 nitrogen and oxygen atoms in total. The van der Waals surface area contributed by atoms with Crippen LogP contribution in [0, 0.1) is 0 Å². The molecule has 0 aliphatic carbocycles. The van der Waals surface area contributed by atoms with Crippen LogP contribution in [-0.2, 0) is 11.2 Å². The van der Waals surface area contributed by atoms with E-state index >= 15 is 0 Å². The maximum absolute atomic E-state index is 12.0. The topological polar surface area (TPSA) is 88.8 Å². The Morgan fingerprint density at radius 2 is 2.16 bits per heavy atom. The van der Waals surface area contributed by atoms with Gasteiger partial charge in [-0.3, -0.25) is 4.79 Å². The summed E-state index contributed by atoms with van der Waals surface area (Å²) in [6.07, 6.45) is 1.32. The minimum atomic E-state index is -0.779. The van der Waals surface area contributed by atoms with Crippen molar-refractivity contribution in [3.8, 4) is 5.75 Å². The van der Waals surface area contributed by atoms with Crippen LogP contribution in [0.25, 0.3) is 11.0 Å². The largest absolute Gasteiger partial charge is 0.479 e. The van der Waals surface area contributed by atoms with E-state index in [9.17, 15) is 9.59 Å². The van der Waals surface area contributed by atoms with Crippen LogP contribution in [0.1, 0.15) is 32.3 Å². The third-order valence-electron chi connectivity index (χ3n) is 3.71. The zero-order chi connectivity index (χ0) is 18.4. The van der Waals surface area contributed by atoms with Gasteiger partial charge in [-0.05, 0) is 31.4 Å². The lowest BCUT2D eigenvalue weighted by Crippen LogP contribution is -2.37. The van der Waals surface area contributed by atoms with Gasteiger partial charge in [0, 0.05) is 30.7 Å². The zero-order valence-electron chi connectivity index (χ0n) is 14.3. The molecule has 136 valence electrons. The number of hydrogen-bond acceptors (Lipinski definition) is 5. The molecule has 1 atom stereocenters. The Kier molecular flexibility index (Phi) is 6.84. The minimum absolute atomic E-state index is 0.00511. The van der Waals surface area contributed by atoms with Crippen LogP contribution in [0.2, 0.25) is 5.02 Å². The normalized spacial score (nSPS) is 12.2. The number of rotatable bonds is 8. The van der Waals surface area contributed by atoms with Crippen molar-refractivity contribution >= 4 is 28.5 Å². The van der Waals surface area contributed by atoms with Crippen LogP contribution in [-0.4, -0.2) is 30.3 Å². The predicted octanol–water partition coefficient (Wildman–Crippen LogP) is 2.66. The Morgan fingerprint density at radius 3 is 2.84 bits per heavy atom. The molecule has 1 heterocycles. The van der Waals surface area contributed by atoms with Gasteiger partial charge < -0.3 is 19.6 Å². The van der Waals surface area contributed by atoms with Crippen molar-refractivity contribution in [2.75, 3.05) is 13.2 Å². The van der Waals surface area contributed by atoms with Crippen molar-refractivity contribution in [1.29, 1.82) is 0 Å². The molecule has 0 bridgehead atoms. The molecule has 25 heavy (non-hydrogen) atoms. The molecular formula is C18H22ClNO5. The Labute approximate surface area is 150 Å². The maximum Gasteiger partial charge on any atom is 0.336 e. The van der Waals surface area contributed by atoms with Gasteiger partial charge in [0.2, 0.25) is 0 Å². The van der Waals surface area contributed by atoms with E-state index in [2.05, 4.69) is 5.32 Å². The number of carbonyl (C=O) groups is 1. The van der Waals surface area contributed by atoms with E-state index in [1.54, 1.807) is 13.0 Å². The van der Waals surface area contributed by atoms with Crippen molar-refractivity contribution in [1.82, 2.24) is 5.32 Å². The summed E-state index contributed by atoms with van der Waals surface area (Å²) >= 11 is 6.28. The van der Waals surface area contributed by atoms with Crippen LogP contribution >= 0.6 is 11.6 Å². The van der Waals surface area contributed by atoms with E-state index in [1.807, 2.05) is 6.92 Å². The molecule has 1 unspecified atom stereocenters. The molecule has 0 spiro atoms. The first-order valence-electron chi connectivity index (χ1n) is 8.27. The lowest BCUT2D eigenvalue weighted by atomic mass is 10.1. The zero-order valence-corrected chi connectivity index (χ0v) is 15.1. The summed E-state index contributed by atoms with van der Waals surface area (Å²) in [5, 5.41) is 12.5. The van der Waals surface area contributed by atoms with Gasteiger partial charge in [0.15, 0.2) is 6.10 Å². The molecular weight excluding hydrogens is 346 g/mol. The summed E-state index contributed by atoms with van der Waals surface area (Å²) in [5.41, 5.74) is 0.819. The average molecular weight is 368 g/mol. The van der Waals surface area contributed by atoms with Crippen LogP contribution < -0.4 is 15.7 Å². The van der Waals surface area contributed by atoms with Crippen molar-refractivity contribution in [3.63, 3.8) is 0 Å². The van der Waals surface area contributed by atoms with Gasteiger partial charge in [0.25, 0.3) is 5.91 Å². The smallest absolute Gasteiger partial charge is 0.336 e. The highest BCUT2D eigenvalue weighted by atomic mass is 35.5. The number of fused-ring (bicyclic) bond motifs is 1. The quantitative estimate of drug-likeness (QED) is 0.553. The maximum atomic E-state index is 12.0. The monoisotopic (exact) mass is 367 g/mol. The van der Waals surface area contributed by atoms with Crippen molar-refractivity contribution in [3.05, 3.63) is 39.2 Å². The van der Waals surface area contributed by atoms with Crippen LogP contribution in [0.5, 0.6) is 5.75 Å². The van der Waals surface area contributed by atoms with Crippen molar-refractivity contribution < 1.29 is 19.1 Å². The fourth-order valence-corrected chi connectivity index (χ4v) is 2.68. The van der Waals surface area contributed by atoms with E-state index in [0.29, 0.717) is 23.6 Å². The standard InChI is InChI=1S/C18H22ClNO5/c1-3-5-12-8-17(22)25-15-10-16(14(19)9-13(12)15)24-11(2)18(23)20-6-4-7-21/h8-11,21H,3-7H2,1-2H3,(H,20,23). The van der Waals surface area contributed by atoms with Crippen LogP contribution in [0.4, 0.5) is 0 Å². The first-order valence-corrected chi connectivity index (χ1v) is 8.65. The fourth-order valence-electron chi connectivity index (χ4n) is 2.47. The van der Waals surface area contributed by atoms with Crippen molar-refractivity contribution in [2.45, 2.75) is 39.2 Å². The Morgan fingerprint density at radius 1 is 1.40 bits per heavy atom. The van der Waals surface area contributed by atoms with Crippen molar-refractivity contribution in [2.24, 2.45) is 0 Å². The van der Waals surface area contributed by atoms with Gasteiger partial charge in [-0.15, -0.1) is 0 Å². The third kappa shape index (κ3) is 4.96. The average Bonchev–Trinajstić information content (AvgIpc) is 2.56. The first kappa shape index (κ1) is 19.3. The minimum Gasteiger partial charge on any atom is -0.479 e. The predicted molar refractivity (Wildman–Crippen MR) is 96.3 cm³/mol. The Bertz CT molecular complexity index is 802. The molecule has 0 saturated heterocycles. The van der Waals surface area contributed by atoms with Gasteiger partial charge >= 0.3 is 5.63 Å². The number of hydrogen-bond donors (Lipinski definition) is 2. The highest BCUT2D eigenvalue weighted by Gasteiger charge is 2.17. The van der Waals surface area contributed by atoms with E-state index < -0.39 is 11.7 Å². The summed E-state index contributed by atoms with van der Waals surface area (Å²) in [7, 11) is 0. The number of nitrogens with one attached hydrogen (secondary N) is 1. The summed E-state index contributed by atoms with van der Waals surface area (Å²) in [6.45, 7) is 3.99. The van der Waals surface area contributed by atoms with Crippen LogP contribution in [0.15, 0.2) is 27.4 Å². The van der Waals surface area contributed by atoms with E-state index in [1.165, 1.54) is 12.1 Å². The molecule has 0 aliphatic rings. The summed E-state index contributed by atoms with van der Waals surface area (Å²) in [6, 6.07) is 4.70. The van der Waals surface area contributed by atoms with Gasteiger partial charge in [-0.2, -0.15) is 0 Å². The van der Waals surface area contributed by atoms with Crippen LogP contribution in [0.3, 0.4) is 0 Å². The number of aliphatic hydroxyl groups is 1. The van der Waals surface area contributed by atoms with E-state index in [4.69, 9.17) is 25.9 Å². The molecule has 7 heteroatoms. The first-order chi connectivity index (χ1) is 12.0.